The monoisotopic (exact) mass is 304 g/mol. The Hall–Kier alpha value is -1.68. The molecule has 0 saturated heterocycles. The molecule has 120 valence electrons. The lowest BCUT2D eigenvalue weighted by Crippen LogP contribution is -2.30. The molecule has 0 heterocycles. The van der Waals surface area contributed by atoms with Crippen LogP contribution in [0.2, 0.25) is 0 Å². The number of Topliss-reactive ketones (excluding diaryl/α,β-unsaturated/α-hetero) is 1. The second kappa shape index (κ2) is 7.54. The number of rotatable bonds is 7. The van der Waals surface area contributed by atoms with E-state index < -0.39 is 11.8 Å². The minimum atomic E-state index is -0.737. The smallest absolute Gasteiger partial charge is 0.374 e. The van der Waals surface area contributed by atoms with E-state index in [9.17, 15) is 9.59 Å². The Labute approximate surface area is 131 Å². The molecule has 1 aliphatic carbocycles. The standard InChI is InChI=1S/C18H24O4/c1-12(21-2)8-10-16(17(19)18(20)22-3)15-11-9-13-6-4-5-7-14(13)15/h4-7,12,15-16H,8-11H2,1-3H3. The van der Waals surface area contributed by atoms with Crippen LogP contribution < -0.4 is 0 Å². The van der Waals surface area contributed by atoms with E-state index in [-0.39, 0.29) is 17.9 Å². The molecular formula is C18H24O4. The molecule has 0 fully saturated rings. The topological polar surface area (TPSA) is 52.6 Å². The molecule has 0 radical (unpaired) electrons. The second-order valence-corrected chi connectivity index (χ2v) is 5.93. The first-order valence-electron chi connectivity index (χ1n) is 7.81. The van der Waals surface area contributed by atoms with E-state index in [4.69, 9.17) is 4.74 Å². The summed E-state index contributed by atoms with van der Waals surface area (Å²) in [6.07, 6.45) is 3.34. The quantitative estimate of drug-likeness (QED) is 0.574. The van der Waals surface area contributed by atoms with Gasteiger partial charge in [-0.2, -0.15) is 0 Å². The molecule has 2 rings (SSSR count). The highest BCUT2D eigenvalue weighted by atomic mass is 16.5. The highest BCUT2D eigenvalue weighted by molar-refractivity contribution is 6.34. The molecule has 4 heteroatoms. The molecule has 0 aromatic heterocycles. The first-order chi connectivity index (χ1) is 10.6. The molecule has 3 atom stereocenters. The number of aryl methyl sites for hydroxylation is 1. The fraction of sp³-hybridized carbons (Fsp3) is 0.556. The lowest BCUT2D eigenvalue weighted by molar-refractivity contribution is -0.154. The summed E-state index contributed by atoms with van der Waals surface area (Å²) in [6.45, 7) is 1.97. The zero-order chi connectivity index (χ0) is 16.1. The summed E-state index contributed by atoms with van der Waals surface area (Å²) >= 11 is 0. The Bertz CT molecular complexity index is 538. The van der Waals surface area contributed by atoms with Gasteiger partial charge in [-0.15, -0.1) is 0 Å². The van der Waals surface area contributed by atoms with E-state index >= 15 is 0 Å². The van der Waals surface area contributed by atoms with Crippen LogP contribution in [-0.4, -0.2) is 32.1 Å². The second-order valence-electron chi connectivity index (χ2n) is 5.93. The normalized spacial score (nSPS) is 19.3. The molecule has 0 saturated carbocycles. The molecule has 1 aromatic rings. The molecule has 0 spiro atoms. The van der Waals surface area contributed by atoms with E-state index in [1.165, 1.54) is 18.2 Å². The largest absolute Gasteiger partial charge is 0.463 e. The van der Waals surface area contributed by atoms with Crippen molar-refractivity contribution in [2.24, 2.45) is 5.92 Å². The maximum absolute atomic E-state index is 12.5. The first-order valence-corrected chi connectivity index (χ1v) is 7.81. The number of carbonyl (C=O) groups is 2. The van der Waals surface area contributed by atoms with E-state index in [0.29, 0.717) is 6.42 Å². The van der Waals surface area contributed by atoms with E-state index in [2.05, 4.69) is 16.9 Å². The molecule has 0 amide bonds. The number of carbonyl (C=O) groups excluding carboxylic acids is 2. The van der Waals surface area contributed by atoms with Gasteiger partial charge >= 0.3 is 5.97 Å². The summed E-state index contributed by atoms with van der Waals surface area (Å²) in [5, 5.41) is 0. The van der Waals surface area contributed by atoms with Crippen molar-refractivity contribution < 1.29 is 19.1 Å². The highest BCUT2D eigenvalue weighted by Crippen LogP contribution is 2.40. The van der Waals surface area contributed by atoms with Crippen molar-refractivity contribution in [3.05, 3.63) is 35.4 Å². The molecule has 1 aromatic carbocycles. The summed E-state index contributed by atoms with van der Waals surface area (Å²) in [7, 11) is 2.92. The van der Waals surface area contributed by atoms with Crippen molar-refractivity contribution in [2.45, 2.75) is 44.6 Å². The zero-order valence-corrected chi connectivity index (χ0v) is 13.5. The summed E-state index contributed by atoms with van der Waals surface area (Å²) in [4.78, 5) is 24.2. The molecule has 0 aliphatic heterocycles. The SMILES string of the molecule is COC(=O)C(=O)C(CCC(C)OC)C1CCc2ccccc21. The van der Waals surface area contributed by atoms with Gasteiger partial charge in [-0.1, -0.05) is 24.3 Å². The van der Waals surface area contributed by atoms with Crippen molar-refractivity contribution in [1.29, 1.82) is 0 Å². The number of esters is 1. The minimum absolute atomic E-state index is 0.0737. The van der Waals surface area contributed by atoms with Crippen molar-refractivity contribution in [3.63, 3.8) is 0 Å². The molecular weight excluding hydrogens is 280 g/mol. The number of benzene rings is 1. The van der Waals surface area contributed by atoms with Crippen LogP contribution in [-0.2, 0) is 25.5 Å². The lowest BCUT2D eigenvalue weighted by Gasteiger charge is -2.23. The van der Waals surface area contributed by atoms with Crippen LogP contribution in [0.25, 0.3) is 0 Å². The van der Waals surface area contributed by atoms with Gasteiger partial charge < -0.3 is 9.47 Å². The van der Waals surface area contributed by atoms with Crippen LogP contribution in [0.3, 0.4) is 0 Å². The number of ether oxygens (including phenoxy) is 2. The fourth-order valence-corrected chi connectivity index (χ4v) is 3.31. The highest BCUT2D eigenvalue weighted by Gasteiger charge is 2.37. The Morgan fingerprint density at radius 1 is 1.23 bits per heavy atom. The van der Waals surface area contributed by atoms with Gasteiger partial charge in [0.15, 0.2) is 0 Å². The predicted molar refractivity (Wildman–Crippen MR) is 83.7 cm³/mol. The van der Waals surface area contributed by atoms with Crippen molar-refractivity contribution in [2.75, 3.05) is 14.2 Å². The zero-order valence-electron chi connectivity index (χ0n) is 13.5. The maximum atomic E-state index is 12.5. The molecule has 4 nitrogen and oxygen atoms in total. The summed E-state index contributed by atoms with van der Waals surface area (Å²) in [6, 6.07) is 8.19. The Morgan fingerprint density at radius 2 is 1.95 bits per heavy atom. The van der Waals surface area contributed by atoms with E-state index in [1.54, 1.807) is 7.11 Å². The summed E-state index contributed by atoms with van der Waals surface area (Å²) < 4.78 is 9.93. The number of ketones is 1. The van der Waals surface area contributed by atoms with Gasteiger partial charge in [0.2, 0.25) is 5.78 Å². The average Bonchev–Trinajstić information content (AvgIpc) is 2.97. The van der Waals surface area contributed by atoms with Crippen LogP contribution >= 0.6 is 0 Å². The van der Waals surface area contributed by atoms with Crippen molar-refractivity contribution in [1.82, 2.24) is 0 Å². The molecule has 0 bridgehead atoms. The van der Waals surface area contributed by atoms with Gasteiger partial charge in [-0.3, -0.25) is 4.79 Å². The number of hydrogen-bond donors (Lipinski definition) is 0. The van der Waals surface area contributed by atoms with Crippen LogP contribution in [0.1, 0.15) is 43.2 Å². The van der Waals surface area contributed by atoms with E-state index in [1.807, 2.05) is 19.1 Å². The van der Waals surface area contributed by atoms with Gasteiger partial charge in [0, 0.05) is 13.0 Å². The molecule has 22 heavy (non-hydrogen) atoms. The van der Waals surface area contributed by atoms with Gasteiger partial charge in [0.25, 0.3) is 0 Å². The van der Waals surface area contributed by atoms with E-state index in [0.717, 1.165) is 19.3 Å². The minimum Gasteiger partial charge on any atom is -0.463 e. The number of hydrogen-bond acceptors (Lipinski definition) is 4. The van der Waals surface area contributed by atoms with Crippen LogP contribution in [0, 0.1) is 5.92 Å². The Balaban J connectivity index is 2.21. The van der Waals surface area contributed by atoms with Gasteiger partial charge in [0.05, 0.1) is 13.2 Å². The number of methoxy groups -OCH3 is 2. The van der Waals surface area contributed by atoms with Crippen molar-refractivity contribution in [3.8, 4) is 0 Å². The fourth-order valence-electron chi connectivity index (χ4n) is 3.31. The third kappa shape index (κ3) is 3.55. The van der Waals surface area contributed by atoms with Crippen LogP contribution in [0.15, 0.2) is 24.3 Å². The van der Waals surface area contributed by atoms with Gasteiger partial charge in [-0.25, -0.2) is 4.79 Å². The van der Waals surface area contributed by atoms with Crippen LogP contribution in [0.4, 0.5) is 0 Å². The molecule has 0 N–H and O–H groups in total. The summed E-state index contributed by atoms with van der Waals surface area (Å²) in [5.41, 5.74) is 2.49. The summed E-state index contributed by atoms with van der Waals surface area (Å²) in [5.74, 6) is -1.37. The molecule has 1 aliphatic rings. The maximum Gasteiger partial charge on any atom is 0.374 e. The number of fused-ring (bicyclic) bond motifs is 1. The van der Waals surface area contributed by atoms with Crippen molar-refractivity contribution >= 4 is 11.8 Å². The van der Waals surface area contributed by atoms with Gasteiger partial charge in [-0.05, 0) is 49.7 Å². The lowest BCUT2D eigenvalue weighted by atomic mass is 9.81. The third-order valence-electron chi connectivity index (χ3n) is 4.67. The first kappa shape index (κ1) is 16.7. The van der Waals surface area contributed by atoms with Gasteiger partial charge in [0.1, 0.15) is 0 Å². The van der Waals surface area contributed by atoms with Crippen LogP contribution in [0.5, 0.6) is 0 Å². The predicted octanol–water partition coefficient (Wildman–Crippen LogP) is 2.89. The third-order valence-corrected chi connectivity index (χ3v) is 4.67. The molecule has 3 unspecified atom stereocenters. The Kier molecular flexibility index (Phi) is 5.72. The average molecular weight is 304 g/mol. The Morgan fingerprint density at radius 3 is 2.64 bits per heavy atom.